The summed E-state index contributed by atoms with van der Waals surface area (Å²) >= 11 is 0. The topological polar surface area (TPSA) is 37.3 Å². The molecule has 1 N–H and O–H groups in total. The summed E-state index contributed by atoms with van der Waals surface area (Å²) in [6, 6.07) is 5.56. The van der Waals surface area contributed by atoms with Crippen LogP contribution in [-0.2, 0) is 10.2 Å². The highest BCUT2D eigenvalue weighted by Gasteiger charge is 2.20. The first-order valence-electron chi connectivity index (χ1n) is 4.71. The van der Waals surface area contributed by atoms with E-state index in [9.17, 15) is 9.90 Å². The highest BCUT2D eigenvalue weighted by Crippen LogP contribution is 2.29. The molecule has 0 saturated heterocycles. The Labute approximate surface area is 84.6 Å². The fourth-order valence-electron chi connectivity index (χ4n) is 1.36. The van der Waals surface area contributed by atoms with Crippen molar-refractivity contribution in [1.82, 2.24) is 0 Å². The maximum Gasteiger partial charge on any atom is 0.120 e. The van der Waals surface area contributed by atoms with E-state index in [0.29, 0.717) is 12.2 Å². The minimum Gasteiger partial charge on any atom is -0.508 e. The van der Waals surface area contributed by atoms with Gasteiger partial charge in [0, 0.05) is 6.42 Å². The van der Waals surface area contributed by atoms with Crippen molar-refractivity contribution in [1.29, 1.82) is 0 Å². The van der Waals surface area contributed by atoms with Gasteiger partial charge in [-0.1, -0.05) is 26.0 Å². The van der Waals surface area contributed by atoms with Crippen molar-refractivity contribution in [3.05, 3.63) is 29.3 Å². The molecule has 0 radical (unpaired) electrons. The number of phenols is 1. The zero-order chi connectivity index (χ0) is 10.8. The first-order valence-corrected chi connectivity index (χ1v) is 4.71. The quantitative estimate of drug-likeness (QED) is 0.747. The van der Waals surface area contributed by atoms with Crippen LogP contribution in [0.1, 0.15) is 31.4 Å². The first kappa shape index (κ1) is 10.8. The van der Waals surface area contributed by atoms with E-state index < -0.39 is 0 Å². The van der Waals surface area contributed by atoms with Crippen LogP contribution in [0.4, 0.5) is 0 Å². The predicted molar refractivity (Wildman–Crippen MR) is 56.6 cm³/mol. The molecule has 0 aromatic heterocycles. The maximum atomic E-state index is 10.5. The predicted octanol–water partition coefficient (Wildman–Crippen LogP) is 2.57. The summed E-state index contributed by atoms with van der Waals surface area (Å²) in [5, 5.41) is 9.54. The van der Waals surface area contributed by atoms with Crippen LogP contribution in [0.3, 0.4) is 0 Å². The zero-order valence-corrected chi connectivity index (χ0v) is 8.87. The highest BCUT2D eigenvalue weighted by molar-refractivity contribution is 5.53. The fraction of sp³-hybridized carbons (Fsp3) is 0.417. The van der Waals surface area contributed by atoms with E-state index in [1.165, 1.54) is 0 Å². The third kappa shape index (κ3) is 2.13. The van der Waals surface area contributed by atoms with E-state index in [-0.39, 0.29) is 5.41 Å². The smallest absolute Gasteiger partial charge is 0.120 e. The van der Waals surface area contributed by atoms with Gasteiger partial charge >= 0.3 is 0 Å². The molecule has 0 aliphatic heterocycles. The second-order valence-corrected chi connectivity index (χ2v) is 4.26. The molecule has 14 heavy (non-hydrogen) atoms. The molecule has 0 aliphatic rings. The van der Waals surface area contributed by atoms with E-state index >= 15 is 0 Å². The summed E-state index contributed by atoms with van der Waals surface area (Å²) < 4.78 is 0. The Morgan fingerprint density at radius 2 is 2.07 bits per heavy atom. The van der Waals surface area contributed by atoms with E-state index in [2.05, 4.69) is 0 Å². The largest absolute Gasteiger partial charge is 0.508 e. The summed E-state index contributed by atoms with van der Waals surface area (Å²) in [4.78, 5) is 10.5. The number of hydrogen-bond donors (Lipinski definition) is 1. The lowest BCUT2D eigenvalue weighted by Gasteiger charge is -2.22. The van der Waals surface area contributed by atoms with Crippen LogP contribution in [0.15, 0.2) is 18.2 Å². The molecular weight excluding hydrogens is 176 g/mol. The number of rotatable bonds is 3. The Morgan fingerprint density at radius 1 is 1.43 bits per heavy atom. The van der Waals surface area contributed by atoms with Gasteiger partial charge < -0.3 is 9.90 Å². The van der Waals surface area contributed by atoms with Crippen molar-refractivity contribution in [2.24, 2.45) is 0 Å². The molecule has 0 bridgehead atoms. The second kappa shape index (κ2) is 3.82. The van der Waals surface area contributed by atoms with Gasteiger partial charge in [0.1, 0.15) is 12.0 Å². The molecule has 1 aromatic rings. The number of aromatic hydroxyl groups is 1. The first-order chi connectivity index (χ1) is 6.47. The number of aldehydes is 1. The monoisotopic (exact) mass is 192 g/mol. The molecule has 0 unspecified atom stereocenters. The van der Waals surface area contributed by atoms with E-state index in [1.807, 2.05) is 32.9 Å². The lowest BCUT2D eigenvalue weighted by atomic mass is 9.82. The molecule has 2 heteroatoms. The molecule has 0 heterocycles. The van der Waals surface area contributed by atoms with Gasteiger partial charge in [-0.15, -0.1) is 0 Å². The molecule has 0 saturated carbocycles. The lowest BCUT2D eigenvalue weighted by molar-refractivity contribution is -0.108. The Hall–Kier alpha value is -1.31. The highest BCUT2D eigenvalue weighted by atomic mass is 16.3. The van der Waals surface area contributed by atoms with Crippen LogP contribution < -0.4 is 0 Å². The lowest BCUT2D eigenvalue weighted by Crippen LogP contribution is -2.17. The molecule has 1 aromatic carbocycles. The number of benzene rings is 1. The van der Waals surface area contributed by atoms with Crippen molar-refractivity contribution in [2.45, 2.75) is 32.6 Å². The number of phenolic OH excluding ortho intramolecular Hbond substituents is 1. The Balaban J connectivity index is 3.07. The van der Waals surface area contributed by atoms with E-state index in [1.54, 1.807) is 6.07 Å². The van der Waals surface area contributed by atoms with Crippen LogP contribution in [0, 0.1) is 6.92 Å². The maximum absolute atomic E-state index is 10.5. The second-order valence-electron chi connectivity index (χ2n) is 4.26. The van der Waals surface area contributed by atoms with Crippen LogP contribution in [-0.4, -0.2) is 11.4 Å². The van der Waals surface area contributed by atoms with Gasteiger partial charge in [0.25, 0.3) is 0 Å². The number of hydrogen-bond acceptors (Lipinski definition) is 2. The Kier molecular flexibility index (Phi) is 2.94. The van der Waals surface area contributed by atoms with Gasteiger partial charge in [0.05, 0.1) is 0 Å². The van der Waals surface area contributed by atoms with Crippen LogP contribution >= 0.6 is 0 Å². The molecule has 0 aliphatic carbocycles. The normalized spacial score (nSPS) is 11.4. The minimum atomic E-state index is -0.201. The van der Waals surface area contributed by atoms with Crippen molar-refractivity contribution in [3.8, 4) is 5.75 Å². The number of aryl methyl sites for hydroxylation is 1. The number of carbonyl (C=O) groups excluding carboxylic acids is 1. The van der Waals surface area contributed by atoms with Crippen molar-refractivity contribution >= 4 is 6.29 Å². The number of carbonyl (C=O) groups is 1. The molecule has 1 rings (SSSR count). The average molecular weight is 192 g/mol. The van der Waals surface area contributed by atoms with Crippen LogP contribution in [0.25, 0.3) is 0 Å². The third-order valence-corrected chi connectivity index (χ3v) is 2.58. The van der Waals surface area contributed by atoms with Crippen LogP contribution in [0.5, 0.6) is 5.75 Å². The SMILES string of the molecule is Cc1ccc(C(C)(C)CC=O)cc1O. The third-order valence-electron chi connectivity index (χ3n) is 2.58. The summed E-state index contributed by atoms with van der Waals surface area (Å²) in [7, 11) is 0. The van der Waals surface area contributed by atoms with E-state index in [4.69, 9.17) is 0 Å². The molecule has 76 valence electrons. The molecule has 0 fully saturated rings. The minimum absolute atomic E-state index is 0.201. The van der Waals surface area contributed by atoms with Gasteiger partial charge in [0.15, 0.2) is 0 Å². The summed E-state index contributed by atoms with van der Waals surface area (Å²) in [5.41, 5.74) is 1.65. The van der Waals surface area contributed by atoms with Crippen molar-refractivity contribution in [3.63, 3.8) is 0 Å². The van der Waals surface area contributed by atoms with Gasteiger partial charge in [-0.2, -0.15) is 0 Å². The van der Waals surface area contributed by atoms with Crippen molar-refractivity contribution < 1.29 is 9.90 Å². The van der Waals surface area contributed by atoms with Gasteiger partial charge in [-0.05, 0) is 29.5 Å². The van der Waals surface area contributed by atoms with Gasteiger partial charge in [-0.25, -0.2) is 0 Å². The average Bonchev–Trinajstić information content (AvgIpc) is 2.09. The summed E-state index contributed by atoms with van der Waals surface area (Å²) in [6.07, 6.45) is 1.38. The van der Waals surface area contributed by atoms with Crippen LogP contribution in [0.2, 0.25) is 0 Å². The summed E-state index contributed by atoms with van der Waals surface area (Å²) in [6.45, 7) is 5.84. The fourth-order valence-corrected chi connectivity index (χ4v) is 1.36. The van der Waals surface area contributed by atoms with E-state index in [0.717, 1.165) is 17.4 Å². The summed E-state index contributed by atoms with van der Waals surface area (Å²) in [5.74, 6) is 0.293. The molecule has 0 amide bonds. The molecular formula is C12H16O2. The molecule has 2 nitrogen and oxygen atoms in total. The van der Waals surface area contributed by atoms with Crippen molar-refractivity contribution in [2.75, 3.05) is 0 Å². The molecule has 0 atom stereocenters. The Morgan fingerprint density at radius 3 is 2.57 bits per heavy atom. The van der Waals surface area contributed by atoms with Gasteiger partial charge in [0.2, 0.25) is 0 Å². The molecule has 0 spiro atoms. The standard InChI is InChI=1S/C12H16O2/c1-9-4-5-10(8-11(9)14)12(2,3)6-7-13/h4-5,7-8,14H,6H2,1-3H3. The Bertz CT molecular complexity index is 340. The zero-order valence-electron chi connectivity index (χ0n) is 8.87. The van der Waals surface area contributed by atoms with Gasteiger partial charge in [-0.3, -0.25) is 0 Å².